The van der Waals surface area contributed by atoms with Gasteiger partial charge in [-0.3, -0.25) is 4.68 Å². The Morgan fingerprint density at radius 3 is 2.63 bits per heavy atom. The van der Waals surface area contributed by atoms with Crippen molar-refractivity contribution in [3.8, 4) is 5.88 Å². The topological polar surface area (TPSA) is 78.9 Å². The van der Waals surface area contributed by atoms with Gasteiger partial charge < -0.3 is 10.5 Å². The van der Waals surface area contributed by atoms with Gasteiger partial charge in [0.15, 0.2) is 0 Å². The van der Waals surface area contributed by atoms with Crippen molar-refractivity contribution in [2.45, 2.75) is 19.4 Å². The molecule has 2 aromatic rings. The van der Waals surface area contributed by atoms with Crippen molar-refractivity contribution < 1.29 is 4.74 Å². The molecule has 0 bridgehead atoms. The molecule has 0 radical (unpaired) electrons. The molecule has 0 aliphatic heterocycles. The number of nitrogens with zero attached hydrogens (tertiary/aromatic N) is 4. The van der Waals surface area contributed by atoms with E-state index in [1.54, 1.807) is 31.0 Å². The van der Waals surface area contributed by atoms with Gasteiger partial charge in [-0.1, -0.05) is 11.6 Å². The molecule has 0 aliphatic carbocycles. The molecule has 0 saturated carbocycles. The lowest BCUT2D eigenvalue weighted by Gasteiger charge is -2.10. The number of aryl methyl sites for hydroxylation is 2. The molecule has 1 unspecified atom stereocenters. The number of aromatic nitrogens is 4. The van der Waals surface area contributed by atoms with E-state index in [0.717, 1.165) is 11.3 Å². The molecule has 19 heavy (non-hydrogen) atoms. The number of hydrogen-bond acceptors (Lipinski definition) is 5. The second-order valence-electron chi connectivity index (χ2n) is 4.29. The molecule has 2 N–H and O–H groups in total. The second-order valence-corrected chi connectivity index (χ2v) is 4.65. The number of methoxy groups -OCH3 is 1. The minimum absolute atomic E-state index is 0.279. The summed E-state index contributed by atoms with van der Waals surface area (Å²) in [6.45, 7) is 1.91. The average molecular weight is 282 g/mol. The highest BCUT2D eigenvalue weighted by atomic mass is 35.5. The van der Waals surface area contributed by atoms with Crippen LogP contribution >= 0.6 is 11.6 Å². The maximum atomic E-state index is 6.18. The molecule has 2 aromatic heterocycles. The maximum absolute atomic E-state index is 6.18. The quantitative estimate of drug-likeness (QED) is 0.917. The van der Waals surface area contributed by atoms with E-state index >= 15 is 0 Å². The van der Waals surface area contributed by atoms with Crippen LogP contribution in [0.4, 0.5) is 0 Å². The standard InChI is InChI=1S/C12H16ClN5O/c1-7-8(12(13)18(2)17-7)6-9(14)10-4-5-11(19-3)16-15-10/h4-5,9H,6,14H2,1-3H3. The van der Waals surface area contributed by atoms with Gasteiger partial charge >= 0.3 is 0 Å². The molecule has 0 saturated heterocycles. The first-order valence-corrected chi connectivity index (χ1v) is 6.22. The SMILES string of the molecule is COc1ccc(C(N)Cc2c(C)nn(C)c2Cl)nn1. The van der Waals surface area contributed by atoms with Crippen LogP contribution < -0.4 is 10.5 Å². The summed E-state index contributed by atoms with van der Waals surface area (Å²) in [6.07, 6.45) is 0.569. The predicted octanol–water partition coefficient (Wildman–Crippen LogP) is 1.42. The average Bonchev–Trinajstić information content (AvgIpc) is 2.65. The molecule has 0 fully saturated rings. The van der Waals surface area contributed by atoms with Crippen LogP contribution in [0.25, 0.3) is 0 Å². The van der Waals surface area contributed by atoms with Gasteiger partial charge in [-0.05, 0) is 19.4 Å². The zero-order chi connectivity index (χ0) is 14.0. The van der Waals surface area contributed by atoms with Crippen LogP contribution in [0.5, 0.6) is 5.88 Å². The third-order valence-electron chi connectivity index (χ3n) is 2.94. The van der Waals surface area contributed by atoms with Crippen molar-refractivity contribution in [1.82, 2.24) is 20.0 Å². The molecule has 0 aliphatic rings. The van der Waals surface area contributed by atoms with Gasteiger partial charge in [-0.25, -0.2) is 0 Å². The Morgan fingerprint density at radius 2 is 2.16 bits per heavy atom. The number of ether oxygens (including phenoxy) is 1. The Morgan fingerprint density at radius 1 is 1.42 bits per heavy atom. The third-order valence-corrected chi connectivity index (χ3v) is 3.42. The summed E-state index contributed by atoms with van der Waals surface area (Å²) in [4.78, 5) is 0. The van der Waals surface area contributed by atoms with Crippen LogP contribution in [0.1, 0.15) is 23.0 Å². The van der Waals surface area contributed by atoms with Crippen LogP contribution in [0.15, 0.2) is 12.1 Å². The molecule has 2 rings (SSSR count). The van der Waals surface area contributed by atoms with Gasteiger partial charge in [0, 0.05) is 18.7 Å². The summed E-state index contributed by atoms with van der Waals surface area (Å²) >= 11 is 6.18. The molecule has 0 amide bonds. The fraction of sp³-hybridized carbons (Fsp3) is 0.417. The molecule has 2 heterocycles. The molecule has 0 aromatic carbocycles. The first kappa shape index (κ1) is 13.8. The fourth-order valence-electron chi connectivity index (χ4n) is 1.87. The van der Waals surface area contributed by atoms with Gasteiger partial charge in [0.2, 0.25) is 5.88 Å². The smallest absolute Gasteiger partial charge is 0.233 e. The van der Waals surface area contributed by atoms with Crippen molar-refractivity contribution in [3.63, 3.8) is 0 Å². The molecule has 102 valence electrons. The third kappa shape index (κ3) is 2.85. The number of rotatable bonds is 4. The van der Waals surface area contributed by atoms with Crippen LogP contribution in [-0.4, -0.2) is 27.1 Å². The predicted molar refractivity (Wildman–Crippen MR) is 72.2 cm³/mol. The summed E-state index contributed by atoms with van der Waals surface area (Å²) in [5.74, 6) is 0.464. The van der Waals surface area contributed by atoms with Crippen molar-refractivity contribution in [2.24, 2.45) is 12.8 Å². The lowest BCUT2D eigenvalue weighted by Crippen LogP contribution is -2.16. The summed E-state index contributed by atoms with van der Waals surface area (Å²) in [6, 6.07) is 3.26. The van der Waals surface area contributed by atoms with E-state index in [1.165, 1.54) is 0 Å². The van der Waals surface area contributed by atoms with Gasteiger partial charge in [-0.2, -0.15) is 10.2 Å². The van der Waals surface area contributed by atoms with Gasteiger partial charge in [0.1, 0.15) is 5.15 Å². The highest BCUT2D eigenvalue weighted by Gasteiger charge is 2.17. The van der Waals surface area contributed by atoms with Gasteiger partial charge in [0.05, 0.1) is 24.5 Å². The zero-order valence-corrected chi connectivity index (χ0v) is 11.8. The highest BCUT2D eigenvalue weighted by Crippen LogP contribution is 2.23. The number of nitrogens with two attached hydrogens (primary N) is 1. The van der Waals surface area contributed by atoms with Crippen LogP contribution in [0.2, 0.25) is 5.15 Å². The molecule has 7 heteroatoms. The van der Waals surface area contributed by atoms with Crippen molar-refractivity contribution in [2.75, 3.05) is 7.11 Å². The molecular formula is C12H16ClN5O. The summed E-state index contributed by atoms with van der Waals surface area (Å²) in [5, 5.41) is 12.8. The van der Waals surface area contributed by atoms with E-state index in [2.05, 4.69) is 15.3 Å². The lowest BCUT2D eigenvalue weighted by atomic mass is 10.0. The Bertz CT molecular complexity index is 566. The molecule has 6 nitrogen and oxygen atoms in total. The monoisotopic (exact) mass is 281 g/mol. The highest BCUT2D eigenvalue weighted by molar-refractivity contribution is 6.30. The molecule has 1 atom stereocenters. The van der Waals surface area contributed by atoms with E-state index in [9.17, 15) is 0 Å². The van der Waals surface area contributed by atoms with E-state index in [1.807, 2.05) is 6.92 Å². The van der Waals surface area contributed by atoms with Crippen molar-refractivity contribution in [3.05, 3.63) is 34.2 Å². The van der Waals surface area contributed by atoms with E-state index in [-0.39, 0.29) is 6.04 Å². The van der Waals surface area contributed by atoms with Crippen molar-refractivity contribution in [1.29, 1.82) is 0 Å². The largest absolute Gasteiger partial charge is 0.480 e. The van der Waals surface area contributed by atoms with E-state index in [0.29, 0.717) is 23.1 Å². The van der Waals surface area contributed by atoms with E-state index in [4.69, 9.17) is 22.1 Å². The molecular weight excluding hydrogens is 266 g/mol. The van der Waals surface area contributed by atoms with E-state index < -0.39 is 0 Å². The minimum Gasteiger partial charge on any atom is -0.480 e. The Labute approximate surface area is 116 Å². The zero-order valence-electron chi connectivity index (χ0n) is 11.1. The summed E-state index contributed by atoms with van der Waals surface area (Å²) in [5.41, 5.74) is 8.64. The number of hydrogen-bond donors (Lipinski definition) is 1. The first-order valence-electron chi connectivity index (χ1n) is 5.84. The lowest BCUT2D eigenvalue weighted by molar-refractivity contribution is 0.390. The van der Waals surface area contributed by atoms with Gasteiger partial charge in [0.25, 0.3) is 0 Å². The van der Waals surface area contributed by atoms with Gasteiger partial charge in [-0.15, -0.1) is 5.10 Å². The Balaban J connectivity index is 2.17. The molecule has 0 spiro atoms. The van der Waals surface area contributed by atoms with Crippen molar-refractivity contribution >= 4 is 11.6 Å². The van der Waals surface area contributed by atoms with Crippen LogP contribution in [0, 0.1) is 6.92 Å². The van der Waals surface area contributed by atoms with Crippen LogP contribution in [-0.2, 0) is 13.5 Å². The second kappa shape index (κ2) is 5.54. The summed E-state index contributed by atoms with van der Waals surface area (Å²) < 4.78 is 6.60. The fourth-order valence-corrected chi connectivity index (χ4v) is 2.12. The normalized spacial score (nSPS) is 12.5. The Hall–Kier alpha value is -1.66. The summed E-state index contributed by atoms with van der Waals surface area (Å²) in [7, 11) is 3.35. The Kier molecular flexibility index (Phi) is 4.01. The minimum atomic E-state index is -0.279. The number of halogens is 1. The van der Waals surface area contributed by atoms with Crippen LogP contribution in [0.3, 0.4) is 0 Å². The first-order chi connectivity index (χ1) is 9.02. The maximum Gasteiger partial charge on any atom is 0.233 e.